The predicted octanol–water partition coefficient (Wildman–Crippen LogP) is 2.84. The number of nitrogens with one attached hydrogen (secondary N) is 1. The van der Waals surface area contributed by atoms with Gasteiger partial charge in [0.2, 0.25) is 0 Å². The molecule has 0 bridgehead atoms. The first-order valence-corrected chi connectivity index (χ1v) is 8.83. The number of esters is 1. The molecule has 138 valence electrons. The largest absolute Gasteiger partial charge is 0.480 e. The van der Waals surface area contributed by atoms with Gasteiger partial charge in [-0.3, -0.25) is 14.9 Å². The second-order valence-electron chi connectivity index (χ2n) is 6.08. The lowest BCUT2D eigenvalue weighted by Gasteiger charge is -2.22. The number of carboxylic acids is 1. The standard InChI is InChI=1S/C21H25NO4/c1-2-26-21(25)18(14-13-16-9-5-3-6-10-16)22-19(20(23)24)15-17-11-7-4-8-12-17/h3-12,18-19,22H,2,13-15H2,1H3,(H,23,24)/t18-,19-/m0/s1. The predicted molar refractivity (Wildman–Crippen MR) is 99.9 cm³/mol. The Morgan fingerprint density at radius 1 is 0.962 bits per heavy atom. The van der Waals surface area contributed by atoms with Crippen molar-refractivity contribution >= 4 is 11.9 Å². The number of hydrogen-bond donors (Lipinski definition) is 2. The molecule has 0 fully saturated rings. The zero-order chi connectivity index (χ0) is 18.8. The van der Waals surface area contributed by atoms with Crippen LogP contribution in [-0.2, 0) is 27.2 Å². The van der Waals surface area contributed by atoms with E-state index in [9.17, 15) is 14.7 Å². The third kappa shape index (κ3) is 6.33. The minimum Gasteiger partial charge on any atom is -0.480 e. The van der Waals surface area contributed by atoms with Crippen molar-refractivity contribution in [1.29, 1.82) is 0 Å². The van der Waals surface area contributed by atoms with Crippen molar-refractivity contribution in [1.82, 2.24) is 5.32 Å². The fraction of sp³-hybridized carbons (Fsp3) is 0.333. The Bertz CT molecular complexity index is 688. The van der Waals surface area contributed by atoms with Crippen molar-refractivity contribution in [2.45, 2.75) is 38.3 Å². The first kappa shape index (κ1) is 19.7. The SMILES string of the molecule is CCOC(=O)[C@H](CCc1ccccc1)N[C@@H](Cc1ccccc1)C(=O)O. The molecule has 0 aliphatic rings. The van der Waals surface area contributed by atoms with Gasteiger partial charge in [0.15, 0.2) is 0 Å². The van der Waals surface area contributed by atoms with Crippen LogP contribution in [0.1, 0.15) is 24.5 Å². The maximum Gasteiger partial charge on any atom is 0.323 e. The number of carbonyl (C=O) groups is 2. The summed E-state index contributed by atoms with van der Waals surface area (Å²) in [5.74, 6) is -1.40. The average molecular weight is 355 g/mol. The molecule has 5 nitrogen and oxygen atoms in total. The number of aryl methyl sites for hydroxylation is 1. The van der Waals surface area contributed by atoms with Gasteiger partial charge in [-0.2, -0.15) is 0 Å². The molecule has 0 heterocycles. The van der Waals surface area contributed by atoms with Crippen LogP contribution >= 0.6 is 0 Å². The van der Waals surface area contributed by atoms with Crippen molar-refractivity contribution in [2.24, 2.45) is 0 Å². The molecule has 0 aromatic heterocycles. The first-order valence-electron chi connectivity index (χ1n) is 8.83. The lowest BCUT2D eigenvalue weighted by Crippen LogP contribution is -2.49. The van der Waals surface area contributed by atoms with E-state index in [0.717, 1.165) is 11.1 Å². The minimum absolute atomic E-state index is 0.263. The maximum absolute atomic E-state index is 12.3. The highest BCUT2D eigenvalue weighted by atomic mass is 16.5. The van der Waals surface area contributed by atoms with Gasteiger partial charge >= 0.3 is 11.9 Å². The molecule has 0 aliphatic carbocycles. The third-order valence-corrected chi connectivity index (χ3v) is 4.12. The molecule has 5 heteroatoms. The summed E-state index contributed by atoms with van der Waals surface area (Å²) in [6, 6.07) is 17.6. The summed E-state index contributed by atoms with van der Waals surface area (Å²) in [6.07, 6.45) is 1.44. The average Bonchev–Trinajstić information content (AvgIpc) is 2.65. The lowest BCUT2D eigenvalue weighted by molar-refractivity contribution is -0.147. The molecule has 2 aromatic carbocycles. The van der Waals surface area contributed by atoms with Gasteiger partial charge in [0.05, 0.1) is 6.61 Å². The zero-order valence-corrected chi connectivity index (χ0v) is 14.9. The van der Waals surface area contributed by atoms with E-state index < -0.39 is 24.0 Å². The van der Waals surface area contributed by atoms with Crippen LogP contribution < -0.4 is 5.32 Å². The van der Waals surface area contributed by atoms with Crippen molar-refractivity contribution in [3.63, 3.8) is 0 Å². The fourth-order valence-electron chi connectivity index (χ4n) is 2.78. The number of carbonyl (C=O) groups excluding carboxylic acids is 1. The van der Waals surface area contributed by atoms with E-state index in [-0.39, 0.29) is 6.61 Å². The van der Waals surface area contributed by atoms with E-state index in [1.54, 1.807) is 6.92 Å². The van der Waals surface area contributed by atoms with Crippen LogP contribution in [0.3, 0.4) is 0 Å². The van der Waals surface area contributed by atoms with Gasteiger partial charge in [0.1, 0.15) is 12.1 Å². The molecule has 2 N–H and O–H groups in total. The molecule has 0 spiro atoms. The second kappa shape index (κ2) is 10.4. The smallest absolute Gasteiger partial charge is 0.323 e. The monoisotopic (exact) mass is 355 g/mol. The Morgan fingerprint density at radius 3 is 2.08 bits per heavy atom. The summed E-state index contributed by atoms with van der Waals surface area (Å²) < 4.78 is 5.13. The second-order valence-corrected chi connectivity index (χ2v) is 6.08. The quantitative estimate of drug-likeness (QED) is 0.641. The van der Waals surface area contributed by atoms with E-state index in [0.29, 0.717) is 19.3 Å². The van der Waals surface area contributed by atoms with E-state index in [4.69, 9.17) is 4.74 Å². The van der Waals surface area contributed by atoms with Crippen LogP contribution in [0.2, 0.25) is 0 Å². The van der Waals surface area contributed by atoms with Crippen LogP contribution in [0.25, 0.3) is 0 Å². The molecule has 0 unspecified atom stereocenters. The highest BCUT2D eigenvalue weighted by molar-refractivity contribution is 5.79. The van der Waals surface area contributed by atoms with Gasteiger partial charge in [-0.15, -0.1) is 0 Å². The normalized spacial score (nSPS) is 13.0. The molecule has 0 saturated heterocycles. The highest BCUT2D eigenvalue weighted by Crippen LogP contribution is 2.10. The molecule has 0 amide bonds. The first-order chi connectivity index (χ1) is 12.6. The zero-order valence-electron chi connectivity index (χ0n) is 14.9. The van der Waals surface area contributed by atoms with Crippen molar-refractivity contribution in [3.8, 4) is 0 Å². The third-order valence-electron chi connectivity index (χ3n) is 4.12. The minimum atomic E-state index is -0.983. The lowest BCUT2D eigenvalue weighted by atomic mass is 10.0. The molecule has 0 saturated carbocycles. The number of rotatable bonds is 10. The molecule has 2 rings (SSSR count). The van der Waals surface area contributed by atoms with Gasteiger partial charge in [-0.1, -0.05) is 60.7 Å². The Labute approximate surface area is 154 Å². The Morgan fingerprint density at radius 2 is 1.54 bits per heavy atom. The number of aliphatic carboxylic acids is 1. The summed E-state index contributed by atoms with van der Waals surface area (Å²) in [4.78, 5) is 24.0. The number of ether oxygens (including phenoxy) is 1. The fourth-order valence-corrected chi connectivity index (χ4v) is 2.78. The van der Waals surface area contributed by atoms with Crippen LogP contribution in [0.5, 0.6) is 0 Å². The summed E-state index contributed by atoms with van der Waals surface area (Å²) in [7, 11) is 0. The molecule has 2 aromatic rings. The van der Waals surface area contributed by atoms with Gasteiger partial charge in [0.25, 0.3) is 0 Å². The van der Waals surface area contributed by atoms with Crippen molar-refractivity contribution in [3.05, 3.63) is 71.8 Å². The summed E-state index contributed by atoms with van der Waals surface area (Å²) in [5.41, 5.74) is 2.00. The van der Waals surface area contributed by atoms with Crippen molar-refractivity contribution < 1.29 is 19.4 Å². The molecule has 0 radical (unpaired) electrons. The topological polar surface area (TPSA) is 75.6 Å². The summed E-state index contributed by atoms with van der Waals surface area (Å²) in [6.45, 7) is 2.00. The Kier molecular flexibility index (Phi) is 7.83. The Hall–Kier alpha value is -2.66. The summed E-state index contributed by atoms with van der Waals surface area (Å²) >= 11 is 0. The maximum atomic E-state index is 12.3. The van der Waals surface area contributed by atoms with Crippen molar-refractivity contribution in [2.75, 3.05) is 6.61 Å². The molecular formula is C21H25NO4. The molecule has 26 heavy (non-hydrogen) atoms. The van der Waals surface area contributed by atoms with Crippen LogP contribution in [-0.4, -0.2) is 35.7 Å². The van der Waals surface area contributed by atoms with Crippen LogP contribution in [0.4, 0.5) is 0 Å². The van der Waals surface area contributed by atoms with E-state index in [1.165, 1.54) is 0 Å². The van der Waals surface area contributed by atoms with Gasteiger partial charge in [-0.25, -0.2) is 0 Å². The number of hydrogen-bond acceptors (Lipinski definition) is 4. The molecular weight excluding hydrogens is 330 g/mol. The van der Waals surface area contributed by atoms with E-state index in [2.05, 4.69) is 5.32 Å². The van der Waals surface area contributed by atoms with Crippen LogP contribution in [0, 0.1) is 0 Å². The van der Waals surface area contributed by atoms with Gasteiger partial charge in [-0.05, 0) is 37.3 Å². The number of carboxylic acid groups (broad SMARTS) is 1. The van der Waals surface area contributed by atoms with Gasteiger partial charge in [0, 0.05) is 0 Å². The molecule has 2 atom stereocenters. The Balaban J connectivity index is 2.06. The molecule has 0 aliphatic heterocycles. The van der Waals surface area contributed by atoms with E-state index >= 15 is 0 Å². The van der Waals surface area contributed by atoms with Gasteiger partial charge < -0.3 is 9.84 Å². The number of benzene rings is 2. The summed E-state index contributed by atoms with van der Waals surface area (Å²) in [5, 5.41) is 12.5. The van der Waals surface area contributed by atoms with E-state index in [1.807, 2.05) is 60.7 Å². The van der Waals surface area contributed by atoms with Crippen LogP contribution in [0.15, 0.2) is 60.7 Å². The highest BCUT2D eigenvalue weighted by Gasteiger charge is 2.27.